The number of benzene rings is 1. The first-order chi connectivity index (χ1) is 12.4. The molecule has 2 aromatic heterocycles. The number of thiophene rings is 1. The predicted octanol–water partition coefficient (Wildman–Crippen LogP) is 3.34. The van der Waals surface area contributed by atoms with Crippen molar-refractivity contribution < 1.29 is 17.7 Å². The van der Waals surface area contributed by atoms with Crippen LogP contribution in [-0.2, 0) is 23.1 Å². The Morgan fingerprint density at radius 2 is 2.00 bits per heavy atom. The van der Waals surface area contributed by atoms with E-state index in [0.29, 0.717) is 23.9 Å². The molecule has 0 radical (unpaired) electrons. The summed E-state index contributed by atoms with van der Waals surface area (Å²) in [5.41, 5.74) is 0. The largest absolute Gasteiger partial charge is 0.484 e. The van der Waals surface area contributed by atoms with E-state index in [1.54, 1.807) is 12.1 Å². The summed E-state index contributed by atoms with van der Waals surface area (Å²) in [6.07, 6.45) is 0.344. The molecule has 0 spiro atoms. The third-order valence-electron chi connectivity index (χ3n) is 3.48. The summed E-state index contributed by atoms with van der Waals surface area (Å²) in [4.78, 5) is 4.23. The molecule has 0 aliphatic rings. The molecule has 0 atom stereocenters. The Hall–Kier alpha value is -1.75. The van der Waals surface area contributed by atoms with Crippen molar-refractivity contribution in [2.24, 2.45) is 0 Å². The molecule has 26 heavy (non-hydrogen) atoms. The van der Waals surface area contributed by atoms with Gasteiger partial charge in [-0.3, -0.25) is 0 Å². The van der Waals surface area contributed by atoms with E-state index in [9.17, 15) is 8.42 Å². The lowest BCUT2D eigenvalue weighted by Gasteiger charge is -2.14. The van der Waals surface area contributed by atoms with Gasteiger partial charge in [0.05, 0.1) is 3.79 Å². The number of likely N-dealkylation sites (N-methyl/N-ethyl adjacent to an activating group) is 1. The highest BCUT2D eigenvalue weighted by molar-refractivity contribution is 9.11. The Balaban J connectivity index is 1.54. The van der Waals surface area contributed by atoms with Gasteiger partial charge in [0.15, 0.2) is 12.4 Å². The van der Waals surface area contributed by atoms with Gasteiger partial charge in [-0.15, -0.1) is 11.3 Å². The molecule has 138 valence electrons. The van der Waals surface area contributed by atoms with Crippen molar-refractivity contribution in [1.29, 1.82) is 0 Å². The third-order valence-corrected chi connectivity index (χ3v) is 7.43. The molecule has 0 saturated heterocycles. The van der Waals surface area contributed by atoms with Crippen molar-refractivity contribution in [2.75, 3.05) is 13.6 Å². The summed E-state index contributed by atoms with van der Waals surface area (Å²) in [5, 5.41) is 3.87. The molecular weight excluding hydrogens is 442 g/mol. The van der Waals surface area contributed by atoms with Gasteiger partial charge in [0.2, 0.25) is 0 Å². The summed E-state index contributed by atoms with van der Waals surface area (Å²) in [6.45, 7) is 0.407. The molecule has 0 unspecified atom stereocenters. The van der Waals surface area contributed by atoms with Crippen molar-refractivity contribution in [3.8, 4) is 5.75 Å². The van der Waals surface area contributed by atoms with Crippen molar-refractivity contribution in [3.05, 3.63) is 58.0 Å². The highest BCUT2D eigenvalue weighted by Crippen LogP contribution is 2.27. The Kier molecular flexibility index (Phi) is 6.07. The molecule has 0 amide bonds. The zero-order chi connectivity index (χ0) is 18.6. The first kappa shape index (κ1) is 19.0. The van der Waals surface area contributed by atoms with E-state index < -0.39 is 10.0 Å². The zero-order valence-electron chi connectivity index (χ0n) is 13.8. The van der Waals surface area contributed by atoms with Crippen LogP contribution in [0.4, 0.5) is 0 Å². The Morgan fingerprint density at radius 1 is 1.23 bits per heavy atom. The second-order valence-electron chi connectivity index (χ2n) is 5.34. The summed E-state index contributed by atoms with van der Waals surface area (Å²) in [7, 11) is -1.99. The predicted molar refractivity (Wildman–Crippen MR) is 101 cm³/mol. The maximum atomic E-state index is 12.5. The second-order valence-corrected chi connectivity index (χ2v) is 10.1. The fraction of sp³-hybridized carbons (Fsp3) is 0.250. The van der Waals surface area contributed by atoms with Gasteiger partial charge in [-0.2, -0.15) is 9.29 Å². The van der Waals surface area contributed by atoms with Gasteiger partial charge in [-0.05, 0) is 40.2 Å². The van der Waals surface area contributed by atoms with E-state index in [1.165, 1.54) is 22.7 Å². The number of para-hydroxylation sites is 1. The van der Waals surface area contributed by atoms with E-state index in [1.807, 2.05) is 30.3 Å². The maximum Gasteiger partial charge on any atom is 0.264 e. The monoisotopic (exact) mass is 457 g/mol. The van der Waals surface area contributed by atoms with Crippen molar-refractivity contribution in [1.82, 2.24) is 14.4 Å². The SMILES string of the molecule is CN(CCc1noc(COc2ccccc2)n1)S(=O)(=O)c1ccc(Br)s1. The van der Waals surface area contributed by atoms with Crippen LogP contribution in [0.25, 0.3) is 0 Å². The van der Waals surface area contributed by atoms with Crippen molar-refractivity contribution in [3.63, 3.8) is 0 Å². The van der Waals surface area contributed by atoms with Gasteiger partial charge in [0.1, 0.15) is 9.96 Å². The molecule has 0 N–H and O–H groups in total. The first-order valence-electron chi connectivity index (χ1n) is 7.66. The molecule has 0 aliphatic heterocycles. The van der Waals surface area contributed by atoms with Gasteiger partial charge < -0.3 is 9.26 Å². The fourth-order valence-corrected chi connectivity index (χ4v) is 5.47. The van der Waals surface area contributed by atoms with E-state index in [2.05, 4.69) is 26.1 Å². The topological polar surface area (TPSA) is 85.5 Å². The number of hydrogen-bond acceptors (Lipinski definition) is 7. The molecule has 0 fully saturated rings. The molecule has 7 nitrogen and oxygen atoms in total. The van der Waals surface area contributed by atoms with Crippen LogP contribution in [0.3, 0.4) is 0 Å². The highest BCUT2D eigenvalue weighted by Gasteiger charge is 2.23. The van der Waals surface area contributed by atoms with Crippen LogP contribution in [0.5, 0.6) is 5.75 Å². The first-order valence-corrected chi connectivity index (χ1v) is 10.7. The Bertz CT molecular complexity index is 957. The lowest BCUT2D eigenvalue weighted by atomic mass is 10.3. The minimum absolute atomic E-state index is 0.161. The molecule has 10 heteroatoms. The molecule has 0 bridgehead atoms. The maximum absolute atomic E-state index is 12.5. The molecule has 3 rings (SSSR count). The van der Waals surface area contributed by atoms with Crippen LogP contribution in [0.1, 0.15) is 11.7 Å². The summed E-state index contributed by atoms with van der Waals surface area (Å²) < 4.78 is 37.9. The molecule has 0 saturated carbocycles. The van der Waals surface area contributed by atoms with Crippen LogP contribution in [0.15, 0.2) is 55.0 Å². The standard InChI is InChI=1S/C16H16BrN3O4S2/c1-20(26(21,22)16-8-7-13(17)25-16)10-9-14-18-15(24-19-14)11-23-12-5-3-2-4-6-12/h2-8H,9-11H2,1H3. The number of nitrogens with zero attached hydrogens (tertiary/aromatic N) is 3. The zero-order valence-corrected chi connectivity index (χ0v) is 17.1. The van der Waals surface area contributed by atoms with Crippen LogP contribution in [0.2, 0.25) is 0 Å². The van der Waals surface area contributed by atoms with E-state index >= 15 is 0 Å². The van der Waals surface area contributed by atoms with E-state index in [4.69, 9.17) is 9.26 Å². The number of hydrogen-bond donors (Lipinski definition) is 0. The third kappa shape index (κ3) is 4.70. The quantitative estimate of drug-likeness (QED) is 0.515. The average molecular weight is 458 g/mol. The van der Waals surface area contributed by atoms with Crippen LogP contribution < -0.4 is 4.74 Å². The molecule has 0 aliphatic carbocycles. The Morgan fingerprint density at radius 3 is 2.69 bits per heavy atom. The molecular formula is C16H16BrN3O4S2. The van der Waals surface area contributed by atoms with Crippen molar-refractivity contribution in [2.45, 2.75) is 17.2 Å². The second kappa shape index (κ2) is 8.30. The number of aromatic nitrogens is 2. The fourth-order valence-electron chi connectivity index (χ4n) is 2.08. The van der Waals surface area contributed by atoms with Gasteiger partial charge in [0, 0.05) is 20.0 Å². The number of ether oxygens (including phenoxy) is 1. The summed E-state index contributed by atoms with van der Waals surface area (Å²) >= 11 is 4.45. The Labute approximate surface area is 163 Å². The normalized spacial score (nSPS) is 11.8. The lowest BCUT2D eigenvalue weighted by molar-refractivity contribution is 0.242. The van der Waals surface area contributed by atoms with Crippen LogP contribution in [-0.4, -0.2) is 36.5 Å². The number of halogens is 1. The van der Waals surface area contributed by atoms with E-state index in [-0.39, 0.29) is 17.4 Å². The van der Waals surface area contributed by atoms with Crippen LogP contribution in [0, 0.1) is 0 Å². The minimum atomic E-state index is -3.52. The van der Waals surface area contributed by atoms with Gasteiger partial charge in [-0.25, -0.2) is 8.42 Å². The average Bonchev–Trinajstić information content (AvgIpc) is 3.28. The van der Waals surface area contributed by atoms with Gasteiger partial charge in [-0.1, -0.05) is 23.4 Å². The molecule has 3 aromatic rings. The number of sulfonamides is 1. The smallest absolute Gasteiger partial charge is 0.264 e. The van der Waals surface area contributed by atoms with Gasteiger partial charge in [0.25, 0.3) is 15.9 Å². The van der Waals surface area contributed by atoms with Gasteiger partial charge >= 0.3 is 0 Å². The summed E-state index contributed by atoms with van der Waals surface area (Å²) in [5.74, 6) is 1.49. The van der Waals surface area contributed by atoms with Crippen LogP contribution >= 0.6 is 27.3 Å². The number of rotatable bonds is 8. The molecule has 1 aromatic carbocycles. The minimum Gasteiger partial charge on any atom is -0.484 e. The molecule has 2 heterocycles. The van der Waals surface area contributed by atoms with E-state index in [0.717, 1.165) is 3.79 Å². The lowest BCUT2D eigenvalue weighted by Crippen LogP contribution is -2.28. The van der Waals surface area contributed by atoms with Crippen molar-refractivity contribution >= 4 is 37.3 Å². The highest BCUT2D eigenvalue weighted by atomic mass is 79.9. The summed E-state index contributed by atoms with van der Waals surface area (Å²) in [6, 6.07) is 12.6.